The summed E-state index contributed by atoms with van der Waals surface area (Å²) in [6.45, 7) is 7.12. The van der Waals surface area contributed by atoms with Gasteiger partial charge >= 0.3 is 0 Å². The fraction of sp³-hybridized carbons (Fsp3) is 0.364. The lowest BCUT2D eigenvalue weighted by Crippen LogP contribution is -2.40. The summed E-state index contributed by atoms with van der Waals surface area (Å²) >= 11 is 0. The lowest BCUT2D eigenvalue weighted by atomic mass is 10.1. The fourth-order valence-electron chi connectivity index (χ4n) is 2.63. The van der Waals surface area contributed by atoms with E-state index in [2.05, 4.69) is 10.6 Å². The van der Waals surface area contributed by atoms with Crippen molar-refractivity contribution in [2.75, 3.05) is 33.3 Å². The maximum absolute atomic E-state index is 12.0. The number of hydrogen-bond acceptors (Lipinski definition) is 3. The van der Waals surface area contributed by atoms with Crippen molar-refractivity contribution in [2.45, 2.75) is 20.4 Å². The minimum Gasteiger partial charge on any atom is -0.492 e. The number of benzene rings is 2. The minimum absolute atomic E-state index is 0.0598. The molecule has 0 heterocycles. The first kappa shape index (κ1) is 21.3. The van der Waals surface area contributed by atoms with Gasteiger partial charge in [0, 0.05) is 25.7 Å². The van der Waals surface area contributed by atoms with Crippen molar-refractivity contribution in [2.24, 2.45) is 4.99 Å². The number of carbonyl (C=O) groups excluding carboxylic acids is 1. The third-order valence-corrected chi connectivity index (χ3v) is 4.07. The van der Waals surface area contributed by atoms with Gasteiger partial charge in [-0.3, -0.25) is 4.79 Å². The molecular formula is C22H30N4O2. The number of rotatable bonds is 9. The van der Waals surface area contributed by atoms with Crippen LogP contribution in [0.25, 0.3) is 0 Å². The molecule has 0 fully saturated rings. The van der Waals surface area contributed by atoms with E-state index in [1.807, 2.05) is 80.4 Å². The summed E-state index contributed by atoms with van der Waals surface area (Å²) < 4.78 is 5.76. The second-order valence-corrected chi connectivity index (χ2v) is 6.31. The first-order chi connectivity index (χ1) is 13.6. The van der Waals surface area contributed by atoms with Gasteiger partial charge in [-0.2, -0.15) is 0 Å². The predicted molar refractivity (Wildman–Crippen MR) is 114 cm³/mol. The van der Waals surface area contributed by atoms with Crippen LogP contribution in [0.4, 0.5) is 0 Å². The number of ether oxygens (including phenoxy) is 1. The fourth-order valence-corrected chi connectivity index (χ4v) is 2.63. The van der Waals surface area contributed by atoms with Gasteiger partial charge in [0.1, 0.15) is 12.4 Å². The minimum atomic E-state index is -0.0598. The zero-order valence-electron chi connectivity index (χ0n) is 16.9. The predicted octanol–water partition coefficient (Wildman–Crippen LogP) is 2.91. The number of nitrogens with one attached hydrogen (secondary N) is 2. The second kappa shape index (κ2) is 11.6. The molecule has 0 aliphatic rings. The molecule has 6 heteroatoms. The van der Waals surface area contributed by atoms with Crippen LogP contribution in [0.15, 0.2) is 59.6 Å². The van der Waals surface area contributed by atoms with E-state index in [1.54, 1.807) is 0 Å². The molecule has 2 aromatic rings. The lowest BCUT2D eigenvalue weighted by molar-refractivity contribution is 0.0955. The molecule has 0 atom stereocenters. The Hall–Kier alpha value is -3.02. The summed E-state index contributed by atoms with van der Waals surface area (Å²) in [6, 6.07) is 17.3. The molecule has 150 valence electrons. The van der Waals surface area contributed by atoms with Gasteiger partial charge in [-0.25, -0.2) is 4.99 Å². The van der Waals surface area contributed by atoms with Crippen LogP contribution < -0.4 is 15.4 Å². The zero-order valence-corrected chi connectivity index (χ0v) is 16.9. The van der Waals surface area contributed by atoms with Crippen LogP contribution in [0, 0.1) is 0 Å². The Morgan fingerprint density at radius 3 is 2.50 bits per heavy atom. The number of guanidine groups is 1. The third-order valence-electron chi connectivity index (χ3n) is 4.07. The summed E-state index contributed by atoms with van der Waals surface area (Å²) in [5.41, 5.74) is 1.65. The molecule has 0 aromatic heterocycles. The monoisotopic (exact) mass is 382 g/mol. The van der Waals surface area contributed by atoms with E-state index in [-0.39, 0.29) is 5.91 Å². The maximum atomic E-state index is 12.0. The number of para-hydroxylation sites is 1. The Kier molecular flexibility index (Phi) is 8.85. The van der Waals surface area contributed by atoms with E-state index < -0.39 is 0 Å². The highest BCUT2D eigenvalue weighted by atomic mass is 16.5. The molecule has 0 aliphatic carbocycles. The average Bonchev–Trinajstić information content (AvgIpc) is 2.72. The van der Waals surface area contributed by atoms with Crippen LogP contribution in [-0.4, -0.2) is 50.1 Å². The normalized spacial score (nSPS) is 11.0. The number of hydrogen-bond donors (Lipinski definition) is 2. The van der Waals surface area contributed by atoms with E-state index in [4.69, 9.17) is 9.73 Å². The van der Waals surface area contributed by atoms with Crippen LogP contribution in [-0.2, 0) is 6.54 Å². The van der Waals surface area contributed by atoms with Crippen LogP contribution in [0.3, 0.4) is 0 Å². The summed E-state index contributed by atoms with van der Waals surface area (Å²) in [5.74, 6) is 1.61. The summed E-state index contributed by atoms with van der Waals surface area (Å²) in [7, 11) is 1.99. The van der Waals surface area contributed by atoms with E-state index >= 15 is 0 Å². The lowest BCUT2D eigenvalue weighted by Gasteiger charge is -2.22. The highest BCUT2D eigenvalue weighted by Crippen LogP contribution is 2.09. The van der Waals surface area contributed by atoms with Gasteiger partial charge < -0.3 is 20.3 Å². The molecule has 0 saturated carbocycles. The molecule has 0 aliphatic heterocycles. The van der Waals surface area contributed by atoms with Gasteiger partial charge in [-0.05, 0) is 43.7 Å². The molecule has 2 rings (SSSR count). The quantitative estimate of drug-likeness (QED) is 0.517. The first-order valence-corrected chi connectivity index (χ1v) is 9.68. The topological polar surface area (TPSA) is 66.0 Å². The molecule has 2 aromatic carbocycles. The Labute approximate surface area is 167 Å². The Balaban J connectivity index is 1.95. The van der Waals surface area contributed by atoms with Crippen molar-refractivity contribution in [3.63, 3.8) is 0 Å². The van der Waals surface area contributed by atoms with Gasteiger partial charge in [0.25, 0.3) is 5.91 Å². The highest BCUT2D eigenvalue weighted by molar-refractivity contribution is 5.94. The largest absolute Gasteiger partial charge is 0.492 e. The van der Waals surface area contributed by atoms with Gasteiger partial charge in [-0.15, -0.1) is 0 Å². The van der Waals surface area contributed by atoms with Crippen molar-refractivity contribution < 1.29 is 9.53 Å². The number of aliphatic imine (C=N–C) groups is 1. The van der Waals surface area contributed by atoms with Crippen LogP contribution in [0.5, 0.6) is 5.75 Å². The van der Waals surface area contributed by atoms with Gasteiger partial charge in [-0.1, -0.05) is 30.3 Å². The molecule has 0 radical (unpaired) electrons. The number of amides is 1. The van der Waals surface area contributed by atoms with Crippen LogP contribution in [0.1, 0.15) is 29.8 Å². The maximum Gasteiger partial charge on any atom is 0.251 e. The van der Waals surface area contributed by atoms with Gasteiger partial charge in [0.15, 0.2) is 5.96 Å². The Morgan fingerprint density at radius 1 is 1.04 bits per heavy atom. The Bertz CT molecular complexity index is 762. The van der Waals surface area contributed by atoms with Crippen molar-refractivity contribution in [3.8, 4) is 5.75 Å². The van der Waals surface area contributed by atoms with E-state index in [0.29, 0.717) is 31.8 Å². The van der Waals surface area contributed by atoms with Gasteiger partial charge in [0.05, 0.1) is 13.1 Å². The standard InChI is InChI=1S/C22H30N4O2/c1-4-23-21(27)19-11-9-10-18(16-19)17-25-22(24-5-2)26(3)14-15-28-20-12-7-6-8-13-20/h6-13,16H,4-5,14-15,17H2,1-3H3,(H,23,27)(H,24,25). The smallest absolute Gasteiger partial charge is 0.251 e. The number of likely N-dealkylation sites (N-methyl/N-ethyl adjacent to an activating group) is 1. The molecule has 2 N–H and O–H groups in total. The molecule has 6 nitrogen and oxygen atoms in total. The number of carbonyl (C=O) groups is 1. The van der Waals surface area contributed by atoms with E-state index in [9.17, 15) is 4.79 Å². The summed E-state index contributed by atoms with van der Waals surface area (Å²) in [6.07, 6.45) is 0. The molecule has 0 bridgehead atoms. The zero-order chi connectivity index (χ0) is 20.2. The van der Waals surface area contributed by atoms with E-state index in [0.717, 1.165) is 23.8 Å². The second-order valence-electron chi connectivity index (χ2n) is 6.31. The van der Waals surface area contributed by atoms with Crippen LogP contribution >= 0.6 is 0 Å². The molecular weight excluding hydrogens is 352 g/mol. The van der Waals surface area contributed by atoms with Crippen molar-refractivity contribution >= 4 is 11.9 Å². The molecule has 0 spiro atoms. The van der Waals surface area contributed by atoms with Crippen molar-refractivity contribution in [3.05, 3.63) is 65.7 Å². The van der Waals surface area contributed by atoms with Crippen molar-refractivity contribution in [1.82, 2.24) is 15.5 Å². The van der Waals surface area contributed by atoms with E-state index in [1.165, 1.54) is 0 Å². The molecule has 0 unspecified atom stereocenters. The summed E-state index contributed by atoms with van der Waals surface area (Å²) in [4.78, 5) is 18.7. The molecule has 28 heavy (non-hydrogen) atoms. The molecule has 1 amide bonds. The highest BCUT2D eigenvalue weighted by Gasteiger charge is 2.07. The first-order valence-electron chi connectivity index (χ1n) is 9.68. The van der Waals surface area contributed by atoms with Crippen LogP contribution in [0.2, 0.25) is 0 Å². The average molecular weight is 383 g/mol. The van der Waals surface area contributed by atoms with Crippen molar-refractivity contribution in [1.29, 1.82) is 0 Å². The molecule has 0 saturated heterocycles. The Morgan fingerprint density at radius 2 is 1.79 bits per heavy atom. The third kappa shape index (κ3) is 6.95. The summed E-state index contributed by atoms with van der Waals surface area (Å²) in [5, 5.41) is 6.12. The number of nitrogens with zero attached hydrogens (tertiary/aromatic N) is 2. The van der Waals surface area contributed by atoms with Gasteiger partial charge in [0.2, 0.25) is 0 Å². The SMILES string of the molecule is CCNC(=O)c1cccc(CN=C(NCC)N(C)CCOc2ccccc2)c1.